The second kappa shape index (κ2) is 5.35. The minimum atomic E-state index is -1.05. The van der Waals surface area contributed by atoms with E-state index >= 15 is 0 Å². The maximum absolute atomic E-state index is 13.3. The molecule has 18 heavy (non-hydrogen) atoms. The third kappa shape index (κ3) is 2.61. The number of halogens is 3. The SMILES string of the molecule is O=C(Cc1ccccn1)c1ccc(F)c(F)c1Br. The molecule has 0 amide bonds. The molecular formula is C13H8BrF2NO. The van der Waals surface area contributed by atoms with Crippen LogP contribution in [0.1, 0.15) is 16.1 Å². The Labute approximate surface area is 111 Å². The fourth-order valence-electron chi connectivity index (χ4n) is 1.50. The van der Waals surface area contributed by atoms with E-state index in [0.717, 1.165) is 6.07 Å². The van der Waals surface area contributed by atoms with Gasteiger partial charge in [0.1, 0.15) is 0 Å². The molecule has 5 heteroatoms. The molecule has 0 bridgehead atoms. The molecule has 0 saturated heterocycles. The van der Waals surface area contributed by atoms with E-state index in [2.05, 4.69) is 20.9 Å². The Morgan fingerprint density at radius 3 is 2.67 bits per heavy atom. The van der Waals surface area contributed by atoms with Crippen LogP contribution in [0.3, 0.4) is 0 Å². The Bertz CT molecular complexity index is 587. The fraction of sp³-hybridized carbons (Fsp3) is 0.0769. The van der Waals surface area contributed by atoms with Gasteiger partial charge in [0.15, 0.2) is 17.4 Å². The van der Waals surface area contributed by atoms with Crippen molar-refractivity contribution in [3.05, 3.63) is 63.9 Å². The van der Waals surface area contributed by atoms with Crippen molar-refractivity contribution in [1.82, 2.24) is 4.98 Å². The molecule has 0 radical (unpaired) electrons. The Morgan fingerprint density at radius 2 is 2.00 bits per heavy atom. The summed E-state index contributed by atoms with van der Waals surface area (Å²) in [5.41, 5.74) is 0.693. The molecule has 92 valence electrons. The average Bonchev–Trinajstić information content (AvgIpc) is 2.37. The molecule has 2 rings (SSSR count). The van der Waals surface area contributed by atoms with E-state index in [-0.39, 0.29) is 22.2 Å². The number of carbonyl (C=O) groups excluding carboxylic acids is 1. The summed E-state index contributed by atoms with van der Waals surface area (Å²) in [6.45, 7) is 0. The van der Waals surface area contributed by atoms with Gasteiger partial charge in [0.05, 0.1) is 10.9 Å². The van der Waals surface area contributed by atoms with Gasteiger partial charge in [-0.25, -0.2) is 8.78 Å². The summed E-state index contributed by atoms with van der Waals surface area (Å²) in [5, 5.41) is 0. The number of hydrogen-bond donors (Lipinski definition) is 0. The van der Waals surface area contributed by atoms with Gasteiger partial charge in [-0.2, -0.15) is 0 Å². The van der Waals surface area contributed by atoms with Gasteiger partial charge in [0.25, 0.3) is 0 Å². The van der Waals surface area contributed by atoms with Gasteiger partial charge in [0.2, 0.25) is 0 Å². The number of pyridine rings is 1. The summed E-state index contributed by atoms with van der Waals surface area (Å²) in [6, 6.07) is 7.39. The first-order valence-corrected chi connectivity index (χ1v) is 5.95. The van der Waals surface area contributed by atoms with E-state index in [1.54, 1.807) is 24.4 Å². The molecule has 0 saturated carbocycles. The summed E-state index contributed by atoms with van der Waals surface area (Å²) in [6.07, 6.45) is 1.62. The summed E-state index contributed by atoms with van der Waals surface area (Å²) >= 11 is 2.89. The number of Topliss-reactive ketones (excluding diaryl/α,β-unsaturated/α-hetero) is 1. The van der Waals surface area contributed by atoms with Crippen molar-refractivity contribution in [3.8, 4) is 0 Å². The lowest BCUT2D eigenvalue weighted by Gasteiger charge is -2.05. The maximum atomic E-state index is 13.3. The van der Waals surface area contributed by atoms with Gasteiger partial charge in [-0.3, -0.25) is 9.78 Å². The van der Waals surface area contributed by atoms with Crippen LogP contribution in [0.15, 0.2) is 41.0 Å². The van der Waals surface area contributed by atoms with Gasteiger partial charge in [0, 0.05) is 17.5 Å². The number of rotatable bonds is 3. The van der Waals surface area contributed by atoms with Crippen molar-refractivity contribution < 1.29 is 13.6 Å². The van der Waals surface area contributed by atoms with Crippen LogP contribution in [0.2, 0.25) is 0 Å². The van der Waals surface area contributed by atoms with E-state index < -0.39 is 11.6 Å². The van der Waals surface area contributed by atoms with Crippen LogP contribution in [-0.2, 0) is 6.42 Å². The van der Waals surface area contributed by atoms with E-state index in [1.165, 1.54) is 6.07 Å². The van der Waals surface area contributed by atoms with Crippen molar-refractivity contribution in [2.45, 2.75) is 6.42 Å². The zero-order chi connectivity index (χ0) is 13.1. The minimum Gasteiger partial charge on any atom is -0.294 e. The van der Waals surface area contributed by atoms with Gasteiger partial charge >= 0.3 is 0 Å². The molecule has 2 nitrogen and oxygen atoms in total. The van der Waals surface area contributed by atoms with Crippen LogP contribution in [0.5, 0.6) is 0 Å². The van der Waals surface area contributed by atoms with Gasteiger partial charge in [-0.1, -0.05) is 6.07 Å². The fourth-order valence-corrected chi connectivity index (χ4v) is 2.05. The van der Waals surface area contributed by atoms with Crippen molar-refractivity contribution in [2.24, 2.45) is 0 Å². The molecule has 0 aliphatic heterocycles. The number of ketones is 1. The number of nitrogens with zero attached hydrogens (tertiary/aromatic N) is 1. The van der Waals surface area contributed by atoms with Crippen molar-refractivity contribution in [2.75, 3.05) is 0 Å². The van der Waals surface area contributed by atoms with E-state index in [4.69, 9.17) is 0 Å². The predicted octanol–water partition coefficient (Wildman–Crippen LogP) is 3.55. The quantitative estimate of drug-likeness (QED) is 0.641. The van der Waals surface area contributed by atoms with Gasteiger partial charge < -0.3 is 0 Å². The summed E-state index contributed by atoms with van der Waals surface area (Å²) in [7, 11) is 0. The van der Waals surface area contributed by atoms with E-state index in [9.17, 15) is 13.6 Å². The first kappa shape index (κ1) is 12.8. The summed E-state index contributed by atoms with van der Waals surface area (Å²) in [4.78, 5) is 15.9. The lowest BCUT2D eigenvalue weighted by Crippen LogP contribution is -2.07. The number of carbonyl (C=O) groups is 1. The second-order valence-electron chi connectivity index (χ2n) is 3.64. The van der Waals surface area contributed by atoms with Crippen LogP contribution in [0.25, 0.3) is 0 Å². The second-order valence-corrected chi connectivity index (χ2v) is 4.44. The molecule has 0 fully saturated rings. The van der Waals surface area contributed by atoms with Gasteiger partial charge in [-0.15, -0.1) is 0 Å². The highest BCUT2D eigenvalue weighted by molar-refractivity contribution is 9.10. The first-order chi connectivity index (χ1) is 8.59. The van der Waals surface area contributed by atoms with Crippen LogP contribution < -0.4 is 0 Å². The lowest BCUT2D eigenvalue weighted by molar-refractivity contribution is 0.0990. The van der Waals surface area contributed by atoms with Crippen LogP contribution in [-0.4, -0.2) is 10.8 Å². The largest absolute Gasteiger partial charge is 0.294 e. The molecular weight excluding hydrogens is 304 g/mol. The topological polar surface area (TPSA) is 30.0 Å². The molecule has 1 heterocycles. The third-order valence-electron chi connectivity index (χ3n) is 2.40. The van der Waals surface area contributed by atoms with Crippen LogP contribution >= 0.6 is 15.9 Å². The highest BCUT2D eigenvalue weighted by atomic mass is 79.9. The molecule has 0 aliphatic rings. The van der Waals surface area contributed by atoms with E-state index in [0.29, 0.717) is 5.69 Å². The van der Waals surface area contributed by atoms with Crippen LogP contribution in [0.4, 0.5) is 8.78 Å². The molecule has 0 atom stereocenters. The molecule has 0 unspecified atom stereocenters. The van der Waals surface area contributed by atoms with Crippen molar-refractivity contribution >= 4 is 21.7 Å². The average molecular weight is 312 g/mol. The maximum Gasteiger partial charge on any atom is 0.173 e. The minimum absolute atomic E-state index is 0.0461. The molecule has 0 spiro atoms. The highest BCUT2D eigenvalue weighted by Gasteiger charge is 2.17. The van der Waals surface area contributed by atoms with E-state index in [1.807, 2.05) is 0 Å². The predicted molar refractivity (Wildman–Crippen MR) is 66.3 cm³/mol. The molecule has 2 aromatic rings. The molecule has 1 aromatic heterocycles. The van der Waals surface area contributed by atoms with Crippen LogP contribution in [0, 0.1) is 11.6 Å². The lowest BCUT2D eigenvalue weighted by atomic mass is 10.1. The first-order valence-electron chi connectivity index (χ1n) is 5.16. The van der Waals surface area contributed by atoms with Gasteiger partial charge in [-0.05, 0) is 40.2 Å². The zero-order valence-electron chi connectivity index (χ0n) is 9.16. The van der Waals surface area contributed by atoms with Crippen molar-refractivity contribution in [1.29, 1.82) is 0 Å². The monoisotopic (exact) mass is 311 g/mol. The molecule has 0 aliphatic carbocycles. The Kier molecular flexibility index (Phi) is 3.81. The number of hydrogen-bond acceptors (Lipinski definition) is 2. The number of benzene rings is 1. The number of aromatic nitrogens is 1. The normalized spacial score (nSPS) is 10.4. The third-order valence-corrected chi connectivity index (χ3v) is 3.18. The standard InChI is InChI=1S/C13H8BrF2NO/c14-12-9(4-5-10(15)13(12)16)11(18)7-8-3-1-2-6-17-8/h1-6H,7H2. The summed E-state index contributed by atoms with van der Waals surface area (Å²) in [5.74, 6) is -2.36. The Hall–Kier alpha value is -1.62. The Balaban J connectivity index is 2.28. The molecule has 1 aromatic carbocycles. The Morgan fingerprint density at radius 1 is 1.22 bits per heavy atom. The smallest absolute Gasteiger partial charge is 0.173 e. The zero-order valence-corrected chi connectivity index (χ0v) is 10.7. The van der Waals surface area contributed by atoms with Crippen molar-refractivity contribution in [3.63, 3.8) is 0 Å². The highest BCUT2D eigenvalue weighted by Crippen LogP contribution is 2.24. The molecule has 0 N–H and O–H groups in total. The summed E-state index contributed by atoms with van der Waals surface area (Å²) < 4.78 is 26.1.